The number of nitrogens with one attached hydrogen (secondary N) is 1. The van der Waals surface area contributed by atoms with E-state index in [1.165, 1.54) is 6.07 Å². The second-order valence-electron chi connectivity index (χ2n) is 4.65. The third-order valence-corrected chi connectivity index (χ3v) is 3.49. The molecular weight excluding hydrogens is 275 g/mol. The molecule has 0 fully saturated rings. The molecule has 2 nitrogen and oxygen atoms in total. The SMILES string of the molecule is Cc1cccc(NC(C)c2ccc(F)c(Cl)c2)c1C#N. The van der Waals surface area contributed by atoms with E-state index in [0.717, 1.165) is 16.8 Å². The number of hydrogen-bond donors (Lipinski definition) is 1. The molecule has 20 heavy (non-hydrogen) atoms. The van der Waals surface area contributed by atoms with Crippen LogP contribution in [0, 0.1) is 24.1 Å². The summed E-state index contributed by atoms with van der Waals surface area (Å²) in [5, 5.41) is 12.6. The molecule has 0 aliphatic rings. The van der Waals surface area contributed by atoms with Crippen LogP contribution in [0.1, 0.15) is 29.7 Å². The van der Waals surface area contributed by atoms with Gasteiger partial charge in [-0.1, -0.05) is 29.8 Å². The fraction of sp³-hybridized carbons (Fsp3) is 0.188. The Morgan fingerprint density at radius 1 is 1.30 bits per heavy atom. The summed E-state index contributed by atoms with van der Waals surface area (Å²) in [6.07, 6.45) is 0. The third kappa shape index (κ3) is 2.92. The van der Waals surface area contributed by atoms with Gasteiger partial charge < -0.3 is 5.32 Å². The largest absolute Gasteiger partial charge is 0.377 e. The van der Waals surface area contributed by atoms with Gasteiger partial charge >= 0.3 is 0 Å². The van der Waals surface area contributed by atoms with Crippen LogP contribution in [0.15, 0.2) is 36.4 Å². The van der Waals surface area contributed by atoms with Gasteiger partial charge in [0.2, 0.25) is 0 Å². The van der Waals surface area contributed by atoms with E-state index in [1.54, 1.807) is 12.1 Å². The molecule has 1 atom stereocenters. The first kappa shape index (κ1) is 14.4. The lowest BCUT2D eigenvalue weighted by Crippen LogP contribution is -2.08. The normalized spacial score (nSPS) is 11.8. The maximum Gasteiger partial charge on any atom is 0.141 e. The zero-order valence-electron chi connectivity index (χ0n) is 11.2. The molecule has 1 N–H and O–H groups in total. The lowest BCUT2D eigenvalue weighted by Gasteiger charge is -2.17. The molecule has 102 valence electrons. The van der Waals surface area contributed by atoms with Gasteiger partial charge in [0.15, 0.2) is 0 Å². The molecule has 2 aromatic carbocycles. The van der Waals surface area contributed by atoms with Gasteiger partial charge in [-0.2, -0.15) is 5.26 Å². The molecule has 1 unspecified atom stereocenters. The van der Waals surface area contributed by atoms with Crippen LogP contribution in [0.25, 0.3) is 0 Å². The second-order valence-corrected chi connectivity index (χ2v) is 5.06. The molecule has 0 saturated heterocycles. The summed E-state index contributed by atoms with van der Waals surface area (Å²) < 4.78 is 13.2. The molecule has 0 aliphatic heterocycles. The maximum atomic E-state index is 13.2. The highest BCUT2D eigenvalue weighted by atomic mass is 35.5. The van der Waals surface area contributed by atoms with Crippen LogP contribution >= 0.6 is 11.6 Å². The number of nitrogens with zero attached hydrogens (tertiary/aromatic N) is 1. The summed E-state index contributed by atoms with van der Waals surface area (Å²) >= 11 is 5.79. The molecule has 4 heteroatoms. The first-order valence-corrected chi connectivity index (χ1v) is 6.62. The van der Waals surface area contributed by atoms with E-state index in [-0.39, 0.29) is 11.1 Å². The summed E-state index contributed by atoms with van der Waals surface area (Å²) in [4.78, 5) is 0. The summed E-state index contributed by atoms with van der Waals surface area (Å²) in [5.41, 5.74) is 3.16. The Morgan fingerprint density at radius 2 is 2.05 bits per heavy atom. The average Bonchev–Trinajstić information content (AvgIpc) is 2.42. The van der Waals surface area contributed by atoms with Crippen LogP contribution in [0.3, 0.4) is 0 Å². The molecule has 0 bridgehead atoms. The zero-order valence-corrected chi connectivity index (χ0v) is 12.0. The van der Waals surface area contributed by atoms with Crippen molar-refractivity contribution in [1.29, 1.82) is 5.26 Å². The molecule has 0 amide bonds. The molecule has 0 saturated carbocycles. The lowest BCUT2D eigenvalue weighted by molar-refractivity contribution is 0.627. The standard InChI is InChI=1S/C16H14ClFN2/c1-10-4-3-5-16(13(10)9-19)20-11(2)12-6-7-15(18)14(17)8-12/h3-8,11,20H,1-2H3. The van der Waals surface area contributed by atoms with Gasteiger partial charge in [-0.25, -0.2) is 4.39 Å². The molecule has 2 rings (SSSR count). The quantitative estimate of drug-likeness (QED) is 0.878. The number of aryl methyl sites for hydroxylation is 1. The van der Waals surface area contributed by atoms with Crippen molar-refractivity contribution in [2.24, 2.45) is 0 Å². The van der Waals surface area contributed by atoms with E-state index in [1.807, 2.05) is 32.0 Å². The number of nitriles is 1. The third-order valence-electron chi connectivity index (χ3n) is 3.20. The molecule has 0 aromatic heterocycles. The molecule has 2 aromatic rings. The van der Waals surface area contributed by atoms with E-state index in [2.05, 4.69) is 11.4 Å². The van der Waals surface area contributed by atoms with Crippen LogP contribution < -0.4 is 5.32 Å². The topological polar surface area (TPSA) is 35.8 Å². The summed E-state index contributed by atoms with van der Waals surface area (Å²) in [7, 11) is 0. The van der Waals surface area contributed by atoms with Crippen molar-refractivity contribution in [3.63, 3.8) is 0 Å². The van der Waals surface area contributed by atoms with Crippen molar-refractivity contribution in [2.75, 3.05) is 5.32 Å². The highest BCUT2D eigenvalue weighted by molar-refractivity contribution is 6.30. The number of benzene rings is 2. The fourth-order valence-corrected chi connectivity index (χ4v) is 2.22. The van der Waals surface area contributed by atoms with Gasteiger partial charge in [0.05, 0.1) is 16.3 Å². The Morgan fingerprint density at radius 3 is 2.70 bits per heavy atom. The Balaban J connectivity index is 2.28. The molecule has 0 heterocycles. The van der Waals surface area contributed by atoms with Gasteiger partial charge in [-0.3, -0.25) is 0 Å². The Labute approximate surface area is 122 Å². The zero-order chi connectivity index (χ0) is 14.7. The van der Waals surface area contributed by atoms with Gasteiger partial charge in [-0.05, 0) is 43.2 Å². The smallest absolute Gasteiger partial charge is 0.141 e. The van der Waals surface area contributed by atoms with E-state index >= 15 is 0 Å². The van der Waals surface area contributed by atoms with Crippen LogP contribution in [0.5, 0.6) is 0 Å². The van der Waals surface area contributed by atoms with Gasteiger partial charge in [0, 0.05) is 6.04 Å². The number of anilines is 1. The molecule has 0 aliphatic carbocycles. The van der Waals surface area contributed by atoms with Crippen molar-refractivity contribution in [1.82, 2.24) is 0 Å². The van der Waals surface area contributed by atoms with Crippen molar-refractivity contribution in [2.45, 2.75) is 19.9 Å². The molecule has 0 spiro atoms. The molecule has 0 radical (unpaired) electrons. The van der Waals surface area contributed by atoms with Gasteiger partial charge in [0.25, 0.3) is 0 Å². The van der Waals surface area contributed by atoms with Crippen LogP contribution in [0.4, 0.5) is 10.1 Å². The highest BCUT2D eigenvalue weighted by Gasteiger charge is 2.11. The molecular formula is C16H14ClFN2. The summed E-state index contributed by atoms with van der Waals surface area (Å²) in [5.74, 6) is -0.434. The van der Waals surface area contributed by atoms with Crippen molar-refractivity contribution < 1.29 is 4.39 Å². The Bertz CT molecular complexity index is 677. The van der Waals surface area contributed by atoms with E-state index in [9.17, 15) is 9.65 Å². The van der Waals surface area contributed by atoms with E-state index < -0.39 is 5.82 Å². The van der Waals surface area contributed by atoms with Crippen LogP contribution in [-0.2, 0) is 0 Å². The van der Waals surface area contributed by atoms with Gasteiger partial charge in [0.1, 0.15) is 11.9 Å². The van der Waals surface area contributed by atoms with Crippen molar-refractivity contribution >= 4 is 17.3 Å². The van der Waals surface area contributed by atoms with Crippen molar-refractivity contribution in [3.05, 3.63) is 63.9 Å². The minimum absolute atomic E-state index is 0.0815. The minimum Gasteiger partial charge on any atom is -0.377 e. The first-order chi connectivity index (χ1) is 9.52. The minimum atomic E-state index is -0.434. The maximum absolute atomic E-state index is 13.2. The average molecular weight is 289 g/mol. The Kier molecular flexibility index (Phi) is 4.26. The number of hydrogen-bond acceptors (Lipinski definition) is 2. The number of rotatable bonds is 3. The number of halogens is 2. The van der Waals surface area contributed by atoms with E-state index in [4.69, 9.17) is 11.6 Å². The highest BCUT2D eigenvalue weighted by Crippen LogP contribution is 2.26. The fourth-order valence-electron chi connectivity index (χ4n) is 2.03. The van der Waals surface area contributed by atoms with Gasteiger partial charge in [-0.15, -0.1) is 0 Å². The van der Waals surface area contributed by atoms with Crippen LogP contribution in [-0.4, -0.2) is 0 Å². The Hall–Kier alpha value is -2.05. The van der Waals surface area contributed by atoms with Crippen molar-refractivity contribution in [3.8, 4) is 6.07 Å². The van der Waals surface area contributed by atoms with Crippen LogP contribution in [0.2, 0.25) is 5.02 Å². The predicted molar refractivity (Wildman–Crippen MR) is 79.3 cm³/mol. The summed E-state index contributed by atoms with van der Waals surface area (Å²) in [6.45, 7) is 3.83. The van der Waals surface area contributed by atoms with E-state index in [0.29, 0.717) is 5.56 Å². The first-order valence-electron chi connectivity index (χ1n) is 6.24. The second kappa shape index (κ2) is 5.94. The predicted octanol–water partition coefficient (Wildman–Crippen LogP) is 4.83. The summed E-state index contributed by atoms with van der Waals surface area (Å²) in [6, 6.07) is 12.4. The monoisotopic (exact) mass is 288 g/mol. The lowest BCUT2D eigenvalue weighted by atomic mass is 10.0.